The van der Waals surface area contributed by atoms with Crippen molar-refractivity contribution >= 4 is 34.0 Å². The Morgan fingerprint density at radius 3 is 2.35 bits per heavy atom. The Labute approximate surface area is 148 Å². The molecule has 0 heterocycles. The molecule has 0 aliphatic rings. The van der Waals surface area contributed by atoms with Gasteiger partial charge in [0.1, 0.15) is 4.90 Å². The van der Waals surface area contributed by atoms with Gasteiger partial charge in [0.15, 0.2) is 0 Å². The quantitative estimate of drug-likeness (QED) is 0.843. The van der Waals surface area contributed by atoms with Gasteiger partial charge in [0.25, 0.3) is 0 Å². The number of hydrogen-bond acceptors (Lipinski definition) is 3. The molecule has 0 aliphatic carbocycles. The maximum atomic E-state index is 12.8. The van der Waals surface area contributed by atoms with Crippen LogP contribution in [0.5, 0.6) is 0 Å². The van der Waals surface area contributed by atoms with Crippen LogP contribution >= 0.6 is 24.0 Å². The predicted octanol–water partition coefficient (Wildman–Crippen LogP) is 3.22. The standard InChI is InChI=1S/C16H19ClN2O2S.ClH/c1-13-7-8-16(15(17)11-13)22(20,21)19(10-9-18)12-14-5-3-2-4-6-14;/h2-8,11H,9-10,12,18H2,1H3;1H. The summed E-state index contributed by atoms with van der Waals surface area (Å²) in [5.74, 6) is 0. The monoisotopic (exact) mass is 374 g/mol. The Balaban J connectivity index is 0.00000264. The molecule has 4 nitrogen and oxygen atoms in total. The van der Waals surface area contributed by atoms with Gasteiger partial charge in [0.2, 0.25) is 10.0 Å². The van der Waals surface area contributed by atoms with Gasteiger partial charge in [0, 0.05) is 19.6 Å². The Hall–Kier alpha value is -1.11. The summed E-state index contributed by atoms with van der Waals surface area (Å²) in [6, 6.07) is 14.3. The van der Waals surface area contributed by atoms with Crippen LogP contribution in [0.3, 0.4) is 0 Å². The van der Waals surface area contributed by atoms with E-state index in [1.54, 1.807) is 18.2 Å². The normalized spacial score (nSPS) is 11.3. The Morgan fingerprint density at radius 2 is 1.78 bits per heavy atom. The van der Waals surface area contributed by atoms with E-state index in [9.17, 15) is 8.42 Å². The molecule has 0 spiro atoms. The molecule has 2 aromatic rings. The highest BCUT2D eigenvalue weighted by atomic mass is 35.5. The minimum atomic E-state index is -3.69. The van der Waals surface area contributed by atoms with Crippen molar-refractivity contribution < 1.29 is 8.42 Å². The zero-order valence-corrected chi connectivity index (χ0v) is 15.2. The van der Waals surface area contributed by atoms with E-state index in [0.717, 1.165) is 11.1 Å². The lowest BCUT2D eigenvalue weighted by molar-refractivity contribution is 0.414. The highest BCUT2D eigenvalue weighted by Gasteiger charge is 2.26. The van der Waals surface area contributed by atoms with E-state index in [1.165, 1.54) is 4.31 Å². The molecular weight excluding hydrogens is 355 g/mol. The molecule has 0 saturated heterocycles. The molecule has 0 radical (unpaired) electrons. The van der Waals surface area contributed by atoms with Crippen LogP contribution < -0.4 is 5.73 Å². The third-order valence-corrected chi connectivity index (χ3v) is 5.61. The van der Waals surface area contributed by atoms with Crippen LogP contribution in [0.4, 0.5) is 0 Å². The van der Waals surface area contributed by atoms with Gasteiger partial charge in [-0.2, -0.15) is 4.31 Å². The van der Waals surface area contributed by atoms with Gasteiger partial charge in [-0.25, -0.2) is 8.42 Å². The maximum Gasteiger partial charge on any atom is 0.244 e. The van der Waals surface area contributed by atoms with E-state index in [-0.39, 0.29) is 42.0 Å². The molecule has 0 aromatic heterocycles. The number of nitrogens with zero attached hydrogens (tertiary/aromatic N) is 1. The lowest BCUT2D eigenvalue weighted by Gasteiger charge is -2.22. The minimum Gasteiger partial charge on any atom is -0.329 e. The fraction of sp³-hybridized carbons (Fsp3) is 0.250. The highest BCUT2D eigenvalue weighted by Crippen LogP contribution is 2.26. The highest BCUT2D eigenvalue weighted by molar-refractivity contribution is 7.89. The molecule has 0 unspecified atom stereocenters. The Bertz CT molecular complexity index is 737. The minimum absolute atomic E-state index is 0. The van der Waals surface area contributed by atoms with Crippen LogP contribution in [0, 0.1) is 6.92 Å². The summed E-state index contributed by atoms with van der Waals surface area (Å²) in [6.07, 6.45) is 0. The molecule has 0 fully saturated rings. The fourth-order valence-corrected chi connectivity index (χ4v) is 4.19. The van der Waals surface area contributed by atoms with E-state index in [2.05, 4.69) is 0 Å². The van der Waals surface area contributed by atoms with Gasteiger partial charge in [-0.05, 0) is 30.2 Å². The second-order valence-electron chi connectivity index (χ2n) is 5.05. The van der Waals surface area contributed by atoms with E-state index in [0.29, 0.717) is 0 Å². The zero-order valence-electron chi connectivity index (χ0n) is 12.8. The summed E-state index contributed by atoms with van der Waals surface area (Å²) in [7, 11) is -3.69. The van der Waals surface area contributed by atoms with E-state index < -0.39 is 10.0 Å². The molecule has 0 saturated carbocycles. The molecule has 126 valence electrons. The summed E-state index contributed by atoms with van der Waals surface area (Å²) < 4.78 is 27.0. The first-order valence-electron chi connectivity index (χ1n) is 6.95. The van der Waals surface area contributed by atoms with Gasteiger partial charge in [0.05, 0.1) is 5.02 Å². The topological polar surface area (TPSA) is 63.4 Å². The summed E-state index contributed by atoms with van der Waals surface area (Å²) in [5, 5.41) is 0.232. The molecule has 0 bridgehead atoms. The molecule has 2 aromatic carbocycles. The predicted molar refractivity (Wildman–Crippen MR) is 96.5 cm³/mol. The summed E-state index contributed by atoms with van der Waals surface area (Å²) >= 11 is 6.12. The summed E-state index contributed by atoms with van der Waals surface area (Å²) in [5.41, 5.74) is 7.40. The smallest absolute Gasteiger partial charge is 0.244 e. The van der Waals surface area contributed by atoms with E-state index >= 15 is 0 Å². The number of aryl methyl sites for hydroxylation is 1. The van der Waals surface area contributed by atoms with Crippen LogP contribution in [0.25, 0.3) is 0 Å². The number of benzene rings is 2. The molecular formula is C16H20Cl2N2O2S. The molecule has 0 amide bonds. The van der Waals surface area contributed by atoms with Crippen molar-refractivity contribution in [1.82, 2.24) is 4.31 Å². The first-order chi connectivity index (χ1) is 10.4. The van der Waals surface area contributed by atoms with Gasteiger partial charge in [-0.3, -0.25) is 0 Å². The van der Waals surface area contributed by atoms with Crippen LogP contribution in [0.15, 0.2) is 53.4 Å². The number of rotatable bonds is 6. The fourth-order valence-electron chi connectivity index (χ4n) is 2.17. The van der Waals surface area contributed by atoms with Gasteiger partial charge < -0.3 is 5.73 Å². The van der Waals surface area contributed by atoms with Crippen molar-refractivity contribution in [2.45, 2.75) is 18.4 Å². The average molecular weight is 375 g/mol. The van der Waals surface area contributed by atoms with Crippen molar-refractivity contribution in [3.63, 3.8) is 0 Å². The van der Waals surface area contributed by atoms with Gasteiger partial charge >= 0.3 is 0 Å². The van der Waals surface area contributed by atoms with Crippen LogP contribution in [-0.2, 0) is 16.6 Å². The van der Waals surface area contributed by atoms with Gasteiger partial charge in [-0.1, -0.05) is 48.0 Å². The zero-order chi connectivity index (χ0) is 16.2. The lowest BCUT2D eigenvalue weighted by atomic mass is 10.2. The lowest BCUT2D eigenvalue weighted by Crippen LogP contribution is -2.35. The van der Waals surface area contributed by atoms with Crippen LogP contribution in [0.1, 0.15) is 11.1 Å². The number of sulfonamides is 1. The van der Waals surface area contributed by atoms with Crippen molar-refractivity contribution in [3.05, 3.63) is 64.7 Å². The molecule has 2 rings (SSSR count). The Morgan fingerprint density at radius 1 is 1.13 bits per heavy atom. The second kappa shape index (κ2) is 8.66. The maximum absolute atomic E-state index is 12.8. The number of hydrogen-bond donors (Lipinski definition) is 1. The van der Waals surface area contributed by atoms with Crippen molar-refractivity contribution in [1.29, 1.82) is 0 Å². The van der Waals surface area contributed by atoms with E-state index in [4.69, 9.17) is 17.3 Å². The molecule has 2 N–H and O–H groups in total. The third kappa shape index (κ3) is 4.93. The average Bonchev–Trinajstić information content (AvgIpc) is 2.47. The molecule has 7 heteroatoms. The van der Waals surface area contributed by atoms with Crippen molar-refractivity contribution in [2.75, 3.05) is 13.1 Å². The first-order valence-corrected chi connectivity index (χ1v) is 8.77. The molecule has 0 aliphatic heterocycles. The first kappa shape index (κ1) is 19.9. The summed E-state index contributed by atoms with van der Waals surface area (Å²) in [6.45, 7) is 2.62. The van der Waals surface area contributed by atoms with Crippen molar-refractivity contribution in [3.8, 4) is 0 Å². The third-order valence-electron chi connectivity index (χ3n) is 3.29. The van der Waals surface area contributed by atoms with Gasteiger partial charge in [-0.15, -0.1) is 12.4 Å². The number of halogens is 2. The van der Waals surface area contributed by atoms with E-state index in [1.807, 2.05) is 37.3 Å². The SMILES string of the molecule is Cc1ccc(S(=O)(=O)N(CCN)Cc2ccccc2)c(Cl)c1.Cl. The summed E-state index contributed by atoms with van der Waals surface area (Å²) in [4.78, 5) is 0.115. The van der Waals surface area contributed by atoms with Crippen LogP contribution in [-0.4, -0.2) is 25.8 Å². The molecule has 0 atom stereocenters. The number of nitrogens with two attached hydrogens (primary N) is 1. The van der Waals surface area contributed by atoms with Crippen LogP contribution in [0.2, 0.25) is 5.02 Å². The molecule has 23 heavy (non-hydrogen) atoms. The Kier molecular flexibility index (Phi) is 7.51. The largest absolute Gasteiger partial charge is 0.329 e. The second-order valence-corrected chi connectivity index (χ2v) is 7.36. The van der Waals surface area contributed by atoms with Crippen molar-refractivity contribution in [2.24, 2.45) is 5.73 Å².